The lowest BCUT2D eigenvalue weighted by Crippen LogP contribution is -2.64. The van der Waals surface area contributed by atoms with Crippen LogP contribution in [0.5, 0.6) is 0 Å². The van der Waals surface area contributed by atoms with Crippen LogP contribution in [0.4, 0.5) is 4.79 Å². The van der Waals surface area contributed by atoms with Gasteiger partial charge >= 0.3 is 12.1 Å². The Morgan fingerprint density at radius 2 is 1.61 bits per heavy atom. The van der Waals surface area contributed by atoms with Gasteiger partial charge in [0.25, 0.3) is 0 Å². The highest BCUT2D eigenvalue weighted by atomic mass is 16.7. The van der Waals surface area contributed by atoms with E-state index in [1.165, 1.54) is 0 Å². The van der Waals surface area contributed by atoms with Crippen molar-refractivity contribution in [3.63, 3.8) is 0 Å². The monoisotopic (exact) mass is 762 g/mol. The average Bonchev–Trinajstić information content (AvgIpc) is 3.33. The van der Waals surface area contributed by atoms with E-state index in [0.717, 1.165) is 12.1 Å². The van der Waals surface area contributed by atoms with Gasteiger partial charge in [0.15, 0.2) is 17.7 Å². The molecular formula is C42H71N3O9. The van der Waals surface area contributed by atoms with Gasteiger partial charge in [-0.1, -0.05) is 39.8 Å². The van der Waals surface area contributed by atoms with Crippen molar-refractivity contribution in [3.8, 4) is 0 Å². The van der Waals surface area contributed by atoms with Crippen molar-refractivity contribution >= 4 is 23.6 Å². The molecule has 12 heteroatoms. The zero-order chi connectivity index (χ0) is 40.9. The molecule has 4 aliphatic rings. The average molecular weight is 762 g/mol. The van der Waals surface area contributed by atoms with Crippen LogP contribution in [-0.2, 0) is 38.0 Å². The van der Waals surface area contributed by atoms with Gasteiger partial charge in [0, 0.05) is 30.7 Å². The summed E-state index contributed by atoms with van der Waals surface area (Å²) in [7, 11) is 5.67. The predicted molar refractivity (Wildman–Crippen MR) is 208 cm³/mol. The van der Waals surface area contributed by atoms with Crippen LogP contribution in [0.2, 0.25) is 0 Å². The van der Waals surface area contributed by atoms with Crippen LogP contribution in [-0.4, -0.2) is 126 Å². The predicted octanol–water partition coefficient (Wildman–Crippen LogP) is 6.62. The van der Waals surface area contributed by atoms with Gasteiger partial charge in [-0.15, -0.1) is 0 Å². The van der Waals surface area contributed by atoms with Crippen molar-refractivity contribution in [2.75, 3.05) is 27.8 Å². The largest absolute Gasteiger partial charge is 0.457 e. The molecule has 0 unspecified atom stereocenters. The van der Waals surface area contributed by atoms with Crippen molar-refractivity contribution in [3.05, 3.63) is 12.2 Å². The molecule has 4 aliphatic heterocycles. The minimum Gasteiger partial charge on any atom is -0.457 e. The van der Waals surface area contributed by atoms with Crippen molar-refractivity contribution in [2.45, 2.75) is 181 Å². The standard InChI is InChI=1S/C42H71N3O9/c1-18-20-21-50-41(13)23-24(3)30-26(5)32-42(14,54-37(48)45(32)40(11,12)39(9,10)43-30)29(19-2)52-36(47)38(7,8)33(46)27(6)34(41)53-35-31(49-17)28(44(15)16)22-25(4)51-35/h18,20,24-29,31-32,34-35H,19,21-23H2,1-17H3/b20-18+/t24-,25-,26+,27+,28+,29-,31-,32-,34-,35+,41+,42-/m1/s1. The molecule has 4 heterocycles. The summed E-state index contributed by atoms with van der Waals surface area (Å²) in [6.07, 6.45) is 1.70. The number of carbonyl (C=O) groups is 3. The molecule has 308 valence electrons. The van der Waals surface area contributed by atoms with E-state index in [4.69, 9.17) is 33.4 Å². The summed E-state index contributed by atoms with van der Waals surface area (Å²) in [4.78, 5) is 52.9. The van der Waals surface area contributed by atoms with Gasteiger partial charge in [-0.05, 0) is 109 Å². The van der Waals surface area contributed by atoms with E-state index in [-0.39, 0.29) is 36.4 Å². The first-order valence-electron chi connectivity index (χ1n) is 20.0. The molecule has 0 saturated carbocycles. The molecule has 0 N–H and O–H groups in total. The minimum absolute atomic E-state index is 0.0137. The van der Waals surface area contributed by atoms with Gasteiger partial charge in [0.2, 0.25) is 0 Å². The smallest absolute Gasteiger partial charge is 0.411 e. The summed E-state index contributed by atoms with van der Waals surface area (Å²) in [5.74, 6) is -2.43. The lowest BCUT2D eigenvalue weighted by molar-refractivity contribution is -0.300. The number of rotatable bonds is 8. The number of carbonyl (C=O) groups excluding carboxylic acids is 3. The Labute approximate surface area is 325 Å². The number of fused-ring (bicyclic) bond motifs is 1. The van der Waals surface area contributed by atoms with Gasteiger partial charge in [0.05, 0.1) is 41.5 Å². The van der Waals surface area contributed by atoms with Gasteiger partial charge in [-0.25, -0.2) is 4.79 Å². The Morgan fingerprint density at radius 1 is 0.981 bits per heavy atom. The quantitative estimate of drug-likeness (QED) is 0.151. The number of aliphatic imine (C=N–C) groups is 1. The summed E-state index contributed by atoms with van der Waals surface area (Å²) in [6, 6.07) is -0.550. The third-order valence-electron chi connectivity index (χ3n) is 13.4. The number of hydrogen-bond acceptors (Lipinski definition) is 11. The molecule has 3 fully saturated rings. The Hall–Kier alpha value is -2.38. The van der Waals surface area contributed by atoms with Crippen LogP contribution in [0.25, 0.3) is 0 Å². The van der Waals surface area contributed by atoms with E-state index in [1.54, 1.807) is 27.9 Å². The molecule has 0 spiro atoms. The number of amides is 1. The SMILES string of the molecule is C/C=C/CO[C@@]1(C)C[C@@H](C)C2=NC(C)(C)C(C)(C)N3C(=O)O[C@](C)([C@@H](CC)OC(=O)C(C)(C)C(=O)[C@H](C)[C@H]1O[C@@H]1O[C@H](C)C[C@H](N(C)C)[C@H]1OC)[C@H]3[C@H]2C. The van der Waals surface area contributed by atoms with E-state index in [1.807, 2.05) is 93.5 Å². The summed E-state index contributed by atoms with van der Waals surface area (Å²) in [5, 5.41) is 0. The van der Waals surface area contributed by atoms with Crippen LogP contribution in [0.3, 0.4) is 0 Å². The highest BCUT2D eigenvalue weighted by molar-refractivity contribution is 6.04. The van der Waals surface area contributed by atoms with Crippen molar-refractivity contribution < 1.29 is 42.8 Å². The summed E-state index contributed by atoms with van der Waals surface area (Å²) >= 11 is 0. The van der Waals surface area contributed by atoms with Gasteiger partial charge < -0.3 is 33.3 Å². The molecule has 0 aromatic carbocycles. The van der Waals surface area contributed by atoms with Crippen LogP contribution in [0, 0.1) is 23.2 Å². The van der Waals surface area contributed by atoms with Gasteiger partial charge in [-0.3, -0.25) is 19.5 Å². The lowest BCUT2D eigenvalue weighted by atomic mass is 9.71. The number of esters is 1. The highest BCUT2D eigenvalue weighted by Gasteiger charge is 2.66. The van der Waals surface area contributed by atoms with Crippen molar-refractivity contribution in [2.24, 2.45) is 28.2 Å². The summed E-state index contributed by atoms with van der Waals surface area (Å²) < 4.78 is 39.2. The second kappa shape index (κ2) is 15.9. The van der Waals surface area contributed by atoms with E-state index >= 15 is 0 Å². The number of Topliss-reactive ketones (excluding diaryl/α,β-unsaturated/α-hetero) is 1. The van der Waals surface area contributed by atoms with E-state index in [9.17, 15) is 14.4 Å². The molecule has 0 aliphatic carbocycles. The van der Waals surface area contributed by atoms with Crippen LogP contribution >= 0.6 is 0 Å². The summed E-state index contributed by atoms with van der Waals surface area (Å²) in [5.41, 5.74) is -4.57. The topological polar surface area (TPSA) is 125 Å². The second-order valence-electron chi connectivity index (χ2n) is 18.5. The fourth-order valence-electron chi connectivity index (χ4n) is 9.63. The molecule has 54 heavy (non-hydrogen) atoms. The van der Waals surface area contributed by atoms with E-state index in [2.05, 4.69) is 18.7 Å². The maximum absolute atomic E-state index is 14.9. The van der Waals surface area contributed by atoms with E-state index in [0.29, 0.717) is 12.8 Å². The number of allylic oxidation sites excluding steroid dienone is 1. The maximum Gasteiger partial charge on any atom is 0.411 e. The number of ketones is 1. The molecule has 3 saturated heterocycles. The minimum atomic E-state index is -1.59. The highest BCUT2D eigenvalue weighted by Crippen LogP contribution is 2.50. The zero-order valence-corrected chi connectivity index (χ0v) is 36.3. The maximum atomic E-state index is 14.9. The van der Waals surface area contributed by atoms with Crippen LogP contribution in [0.1, 0.15) is 116 Å². The Balaban J connectivity index is 2.00. The van der Waals surface area contributed by atoms with Crippen LogP contribution in [0.15, 0.2) is 17.1 Å². The fourth-order valence-corrected chi connectivity index (χ4v) is 9.63. The number of hydrogen-bond donors (Lipinski definition) is 0. The molecule has 4 rings (SSSR count). The Kier molecular flexibility index (Phi) is 13.0. The second-order valence-corrected chi connectivity index (χ2v) is 18.5. The third kappa shape index (κ3) is 7.68. The molecule has 2 bridgehead atoms. The molecule has 1 amide bonds. The molecule has 12 atom stereocenters. The number of likely N-dealkylation sites (N-methyl/N-ethyl adjacent to an activating group) is 1. The number of cyclic esters (lactones) is 1. The first-order valence-corrected chi connectivity index (χ1v) is 20.0. The summed E-state index contributed by atoms with van der Waals surface area (Å²) in [6.45, 7) is 27.3. The van der Waals surface area contributed by atoms with Crippen LogP contribution < -0.4 is 0 Å². The molecule has 12 nitrogen and oxygen atoms in total. The van der Waals surface area contributed by atoms with Gasteiger partial charge in [-0.2, -0.15) is 0 Å². The number of nitrogens with zero attached hydrogens (tertiary/aromatic N) is 3. The number of methoxy groups -OCH3 is 1. The third-order valence-corrected chi connectivity index (χ3v) is 13.4. The zero-order valence-electron chi connectivity index (χ0n) is 36.3. The molecule has 0 aromatic rings. The Bertz CT molecular complexity index is 1460. The molecule has 0 aromatic heterocycles. The first kappa shape index (κ1) is 44.3. The fraction of sp³-hybridized carbons (Fsp3) is 0.857. The normalized spacial score (nSPS) is 41.3. The molecular weight excluding hydrogens is 690 g/mol. The van der Waals surface area contributed by atoms with Gasteiger partial charge in [0.1, 0.15) is 17.6 Å². The Morgan fingerprint density at radius 3 is 2.17 bits per heavy atom. The van der Waals surface area contributed by atoms with E-state index < -0.39 is 76.3 Å². The lowest BCUT2D eigenvalue weighted by Gasteiger charge is -2.49. The molecule has 0 radical (unpaired) electrons. The van der Waals surface area contributed by atoms with Crippen molar-refractivity contribution in [1.29, 1.82) is 0 Å². The number of ether oxygens (including phenoxy) is 6. The first-order chi connectivity index (χ1) is 24.9. The van der Waals surface area contributed by atoms with Crippen molar-refractivity contribution in [1.82, 2.24) is 9.80 Å².